The van der Waals surface area contributed by atoms with E-state index in [4.69, 9.17) is 4.74 Å². The second kappa shape index (κ2) is 16.6. The smallest absolute Gasteiger partial charge is 0.408 e. The van der Waals surface area contributed by atoms with E-state index in [1.54, 1.807) is 65.1 Å². The standard InChI is InChI=1S/C33H45N3O6S/c1-23(2)20-28(18-19-43(40,41)22-27-16-12-9-13-17-27)36(7)32(38)30(25(5)6)34-31(37)29(24(3)4)35-33(39)42-21-26-14-10-8-11-15-26/h8-20,24-25,28-30H,21-22H2,1-7H3,(H,34,37)(H,35,39)/b19-18+. The van der Waals surface area contributed by atoms with Crippen LogP contribution in [0.3, 0.4) is 0 Å². The lowest BCUT2D eigenvalue weighted by atomic mass is 9.99. The van der Waals surface area contributed by atoms with Gasteiger partial charge in [0.25, 0.3) is 0 Å². The Kier molecular flexibility index (Phi) is 13.7. The molecule has 2 aromatic rings. The van der Waals surface area contributed by atoms with Crippen LogP contribution in [-0.4, -0.2) is 56.4 Å². The van der Waals surface area contributed by atoms with Crippen LogP contribution in [0.1, 0.15) is 52.7 Å². The first-order chi connectivity index (χ1) is 20.2. The van der Waals surface area contributed by atoms with Crippen molar-refractivity contribution in [1.82, 2.24) is 15.5 Å². The first kappa shape index (κ1) is 35.3. The number of benzene rings is 2. The van der Waals surface area contributed by atoms with E-state index < -0.39 is 45.9 Å². The molecule has 2 rings (SSSR count). The molecular weight excluding hydrogens is 566 g/mol. The Morgan fingerprint density at radius 3 is 1.88 bits per heavy atom. The van der Waals surface area contributed by atoms with E-state index in [0.29, 0.717) is 5.56 Å². The van der Waals surface area contributed by atoms with Crippen molar-refractivity contribution in [1.29, 1.82) is 0 Å². The number of allylic oxidation sites excluding steroid dienone is 1. The molecule has 0 radical (unpaired) electrons. The average molecular weight is 612 g/mol. The molecule has 0 aliphatic carbocycles. The molecule has 0 aliphatic rings. The lowest BCUT2D eigenvalue weighted by Gasteiger charge is -2.32. The number of rotatable bonds is 14. The highest BCUT2D eigenvalue weighted by molar-refractivity contribution is 7.93. The molecule has 10 heteroatoms. The van der Waals surface area contributed by atoms with Crippen LogP contribution in [-0.2, 0) is 36.5 Å². The summed E-state index contributed by atoms with van der Waals surface area (Å²) in [4.78, 5) is 41.0. The van der Waals surface area contributed by atoms with Crippen molar-refractivity contribution in [3.63, 3.8) is 0 Å². The van der Waals surface area contributed by atoms with Crippen molar-refractivity contribution >= 4 is 27.7 Å². The number of hydrogen-bond donors (Lipinski definition) is 2. The van der Waals surface area contributed by atoms with Gasteiger partial charge in [0.2, 0.25) is 11.8 Å². The molecule has 3 atom stereocenters. The first-order valence-electron chi connectivity index (χ1n) is 14.3. The quantitative estimate of drug-likeness (QED) is 0.290. The number of carbonyl (C=O) groups excluding carboxylic acids is 3. The van der Waals surface area contributed by atoms with E-state index in [1.165, 1.54) is 11.0 Å². The van der Waals surface area contributed by atoms with Crippen LogP contribution in [0, 0.1) is 11.8 Å². The van der Waals surface area contributed by atoms with Gasteiger partial charge >= 0.3 is 6.09 Å². The van der Waals surface area contributed by atoms with Gasteiger partial charge in [-0.05, 0) is 42.9 Å². The number of ether oxygens (including phenoxy) is 1. The zero-order valence-corrected chi connectivity index (χ0v) is 26.9. The van der Waals surface area contributed by atoms with Gasteiger partial charge in [0.05, 0.1) is 11.8 Å². The molecule has 0 heterocycles. The molecule has 0 fully saturated rings. The van der Waals surface area contributed by atoms with Crippen molar-refractivity contribution in [2.45, 2.75) is 72.0 Å². The molecule has 0 spiro atoms. The van der Waals surface area contributed by atoms with Crippen molar-refractivity contribution in [2.24, 2.45) is 11.8 Å². The van der Waals surface area contributed by atoms with Gasteiger partial charge in [-0.2, -0.15) is 0 Å². The Balaban J connectivity index is 2.17. The zero-order chi connectivity index (χ0) is 32.2. The minimum atomic E-state index is -3.60. The number of hydrogen-bond acceptors (Lipinski definition) is 6. The molecule has 0 saturated heterocycles. The molecule has 2 N–H and O–H groups in total. The molecule has 2 aromatic carbocycles. The van der Waals surface area contributed by atoms with E-state index in [1.807, 2.05) is 50.2 Å². The minimum absolute atomic E-state index is 0.0529. The summed E-state index contributed by atoms with van der Waals surface area (Å²) >= 11 is 0. The Hall–Kier alpha value is -3.92. The van der Waals surface area contributed by atoms with Crippen molar-refractivity contribution in [3.05, 3.63) is 94.9 Å². The first-order valence-corrected chi connectivity index (χ1v) is 16.1. The van der Waals surface area contributed by atoms with Crippen LogP contribution >= 0.6 is 0 Å². The number of sulfone groups is 1. The van der Waals surface area contributed by atoms with Crippen LogP contribution in [0.4, 0.5) is 4.79 Å². The highest BCUT2D eigenvalue weighted by atomic mass is 32.2. The molecule has 0 bridgehead atoms. The van der Waals surface area contributed by atoms with E-state index in [2.05, 4.69) is 10.6 Å². The second-order valence-corrected chi connectivity index (χ2v) is 13.3. The van der Waals surface area contributed by atoms with E-state index in [-0.39, 0.29) is 24.2 Å². The predicted molar refractivity (Wildman–Crippen MR) is 169 cm³/mol. The third-order valence-electron chi connectivity index (χ3n) is 6.66. The van der Waals surface area contributed by atoms with Gasteiger partial charge in [-0.15, -0.1) is 0 Å². The summed E-state index contributed by atoms with van der Waals surface area (Å²) < 4.78 is 30.9. The fourth-order valence-corrected chi connectivity index (χ4v) is 5.40. The third kappa shape index (κ3) is 12.1. The highest BCUT2D eigenvalue weighted by Crippen LogP contribution is 2.15. The topological polar surface area (TPSA) is 122 Å². The number of likely N-dealkylation sites (N-methyl/N-ethyl adjacent to an activating group) is 1. The van der Waals surface area contributed by atoms with Gasteiger partial charge in [0.1, 0.15) is 18.7 Å². The predicted octanol–water partition coefficient (Wildman–Crippen LogP) is 5.00. The fourth-order valence-electron chi connectivity index (χ4n) is 4.24. The Morgan fingerprint density at radius 1 is 0.837 bits per heavy atom. The molecule has 3 unspecified atom stereocenters. The molecule has 9 nitrogen and oxygen atoms in total. The van der Waals surface area contributed by atoms with Crippen molar-refractivity contribution in [2.75, 3.05) is 7.05 Å². The van der Waals surface area contributed by atoms with Gasteiger partial charge in [-0.1, -0.05) is 100 Å². The van der Waals surface area contributed by atoms with Gasteiger partial charge in [-0.25, -0.2) is 13.2 Å². The normalized spacial score (nSPS) is 13.7. The summed E-state index contributed by atoms with van der Waals surface area (Å²) in [6.07, 6.45) is 2.52. The summed E-state index contributed by atoms with van der Waals surface area (Å²) in [6, 6.07) is 15.5. The second-order valence-electron chi connectivity index (χ2n) is 11.5. The van der Waals surface area contributed by atoms with Gasteiger partial charge in [0, 0.05) is 12.5 Å². The molecule has 234 valence electrons. The average Bonchev–Trinajstić information content (AvgIpc) is 2.95. The van der Waals surface area contributed by atoms with E-state index in [0.717, 1.165) is 16.5 Å². The summed E-state index contributed by atoms with van der Waals surface area (Å²) in [6.45, 7) is 10.9. The zero-order valence-electron chi connectivity index (χ0n) is 26.1. The lowest BCUT2D eigenvalue weighted by molar-refractivity contribution is -0.137. The van der Waals surface area contributed by atoms with Crippen LogP contribution < -0.4 is 10.6 Å². The van der Waals surface area contributed by atoms with Gasteiger partial charge in [-0.3, -0.25) is 9.59 Å². The van der Waals surface area contributed by atoms with E-state index >= 15 is 0 Å². The molecule has 0 saturated carbocycles. The van der Waals surface area contributed by atoms with Crippen LogP contribution in [0.2, 0.25) is 0 Å². The number of amides is 3. The lowest BCUT2D eigenvalue weighted by Crippen LogP contribution is -2.57. The summed E-state index contributed by atoms with van der Waals surface area (Å²) in [7, 11) is -2.03. The molecule has 43 heavy (non-hydrogen) atoms. The van der Waals surface area contributed by atoms with Gasteiger partial charge in [0.15, 0.2) is 9.84 Å². The summed E-state index contributed by atoms with van der Waals surface area (Å²) in [5.41, 5.74) is 2.36. The Bertz CT molecular complexity index is 1370. The SMILES string of the molecule is CC(C)=CC(/C=C/S(=O)(=O)Cc1ccccc1)N(C)C(=O)C(NC(=O)C(NC(=O)OCc1ccccc1)C(C)C)C(C)C. The minimum Gasteiger partial charge on any atom is -0.445 e. The summed E-state index contributed by atoms with van der Waals surface area (Å²) in [5.74, 6) is -1.67. The monoisotopic (exact) mass is 611 g/mol. The maximum Gasteiger partial charge on any atom is 0.408 e. The number of nitrogens with one attached hydrogen (secondary N) is 2. The molecule has 0 aliphatic heterocycles. The van der Waals surface area contributed by atoms with Crippen molar-refractivity contribution in [3.8, 4) is 0 Å². The molecule has 0 aromatic heterocycles. The van der Waals surface area contributed by atoms with E-state index in [9.17, 15) is 22.8 Å². The third-order valence-corrected chi connectivity index (χ3v) is 7.97. The van der Waals surface area contributed by atoms with Crippen molar-refractivity contribution < 1.29 is 27.5 Å². The number of alkyl carbamates (subject to hydrolysis) is 1. The highest BCUT2D eigenvalue weighted by Gasteiger charge is 2.33. The maximum atomic E-state index is 13.7. The Morgan fingerprint density at radius 2 is 1.37 bits per heavy atom. The Labute approximate surface area is 256 Å². The number of carbonyl (C=O) groups is 3. The largest absolute Gasteiger partial charge is 0.445 e. The summed E-state index contributed by atoms with van der Waals surface area (Å²) in [5, 5.41) is 6.56. The fraction of sp³-hybridized carbons (Fsp3) is 0.424. The molecular formula is C33H45N3O6S. The maximum absolute atomic E-state index is 13.7. The van der Waals surface area contributed by atoms with Crippen LogP contribution in [0.5, 0.6) is 0 Å². The van der Waals surface area contributed by atoms with Crippen LogP contribution in [0.15, 0.2) is 83.8 Å². The number of nitrogens with zero attached hydrogens (tertiary/aromatic N) is 1. The molecule has 3 amide bonds. The van der Waals surface area contributed by atoms with Crippen LogP contribution in [0.25, 0.3) is 0 Å². The van der Waals surface area contributed by atoms with Gasteiger partial charge < -0.3 is 20.3 Å².